The first-order valence-corrected chi connectivity index (χ1v) is 11.2. The Morgan fingerprint density at radius 2 is 1.97 bits per heavy atom. The molecule has 7 heteroatoms. The Morgan fingerprint density at radius 1 is 1.21 bits per heavy atom. The first-order valence-electron chi connectivity index (χ1n) is 10.0. The van der Waals surface area contributed by atoms with Gasteiger partial charge in [-0.05, 0) is 57.9 Å². The van der Waals surface area contributed by atoms with Gasteiger partial charge in [0.25, 0.3) is 0 Å². The topological polar surface area (TPSA) is 67.2 Å². The minimum atomic E-state index is -0.364. The van der Waals surface area contributed by atoms with Gasteiger partial charge in [0.1, 0.15) is 5.82 Å². The Bertz CT molecular complexity index is 989. The molecule has 154 valence electrons. The number of hydrogen-bond donors (Lipinski definition) is 1. The van der Waals surface area contributed by atoms with Crippen LogP contribution in [0.15, 0.2) is 18.2 Å². The molecule has 1 atom stereocenters. The number of anilines is 2. The SMILES string of the molecule is Cc1ccc(N2C[C@@H](C(=O)Nc3c4c(nn3C(C)(C)C)CSC4)CC2=O)cc1C. The molecule has 2 aliphatic rings. The van der Waals surface area contributed by atoms with Gasteiger partial charge in [-0.15, -0.1) is 0 Å². The van der Waals surface area contributed by atoms with Gasteiger partial charge in [-0.1, -0.05) is 6.07 Å². The molecule has 2 aromatic rings. The fraction of sp³-hybridized carbons (Fsp3) is 0.500. The van der Waals surface area contributed by atoms with Crippen LogP contribution in [0.5, 0.6) is 0 Å². The number of carbonyl (C=O) groups is 2. The average Bonchev–Trinajstić information content (AvgIpc) is 3.32. The Kier molecular flexibility index (Phi) is 4.97. The van der Waals surface area contributed by atoms with Crippen LogP contribution in [0, 0.1) is 19.8 Å². The van der Waals surface area contributed by atoms with Crippen LogP contribution in [0.2, 0.25) is 0 Å². The molecule has 0 unspecified atom stereocenters. The van der Waals surface area contributed by atoms with Crippen molar-refractivity contribution in [3.05, 3.63) is 40.6 Å². The van der Waals surface area contributed by atoms with Crippen molar-refractivity contribution < 1.29 is 9.59 Å². The van der Waals surface area contributed by atoms with Gasteiger partial charge in [0.15, 0.2) is 0 Å². The first kappa shape index (κ1) is 20.0. The van der Waals surface area contributed by atoms with E-state index < -0.39 is 0 Å². The lowest BCUT2D eigenvalue weighted by atomic mass is 10.1. The zero-order chi connectivity index (χ0) is 20.9. The van der Waals surface area contributed by atoms with E-state index in [2.05, 4.69) is 33.0 Å². The second-order valence-electron chi connectivity index (χ2n) is 9.01. The minimum Gasteiger partial charge on any atom is -0.312 e. The number of aryl methyl sites for hydroxylation is 2. The van der Waals surface area contributed by atoms with Crippen molar-refractivity contribution in [1.82, 2.24) is 9.78 Å². The van der Waals surface area contributed by atoms with Crippen LogP contribution in [0.4, 0.5) is 11.5 Å². The number of carbonyl (C=O) groups excluding carboxylic acids is 2. The van der Waals surface area contributed by atoms with Crippen molar-refractivity contribution in [3.8, 4) is 0 Å². The zero-order valence-electron chi connectivity index (χ0n) is 17.7. The summed E-state index contributed by atoms with van der Waals surface area (Å²) in [7, 11) is 0. The van der Waals surface area contributed by atoms with E-state index in [0.717, 1.165) is 39.8 Å². The summed E-state index contributed by atoms with van der Waals surface area (Å²) in [6.07, 6.45) is 0.235. The van der Waals surface area contributed by atoms with Crippen molar-refractivity contribution in [2.45, 2.75) is 58.1 Å². The zero-order valence-corrected chi connectivity index (χ0v) is 18.5. The predicted octanol–water partition coefficient (Wildman–Crippen LogP) is 3.99. The van der Waals surface area contributed by atoms with Crippen LogP contribution < -0.4 is 10.2 Å². The van der Waals surface area contributed by atoms with Gasteiger partial charge in [0.05, 0.1) is 17.2 Å². The van der Waals surface area contributed by atoms with Crippen molar-refractivity contribution >= 4 is 35.1 Å². The van der Waals surface area contributed by atoms with E-state index in [4.69, 9.17) is 5.10 Å². The van der Waals surface area contributed by atoms with Gasteiger partial charge in [-0.2, -0.15) is 16.9 Å². The normalized spacial score (nSPS) is 19.0. The predicted molar refractivity (Wildman–Crippen MR) is 117 cm³/mol. The molecule has 1 aromatic heterocycles. The number of benzene rings is 1. The van der Waals surface area contributed by atoms with Crippen molar-refractivity contribution in [2.24, 2.45) is 5.92 Å². The number of thioether (sulfide) groups is 1. The molecule has 4 rings (SSSR count). The smallest absolute Gasteiger partial charge is 0.230 e. The molecule has 29 heavy (non-hydrogen) atoms. The van der Waals surface area contributed by atoms with E-state index >= 15 is 0 Å². The molecule has 2 amide bonds. The van der Waals surface area contributed by atoms with Gasteiger partial charge in [-0.25, -0.2) is 4.68 Å². The molecule has 1 N–H and O–H groups in total. The van der Waals surface area contributed by atoms with Gasteiger partial charge in [0.2, 0.25) is 11.8 Å². The number of hydrogen-bond acceptors (Lipinski definition) is 4. The van der Waals surface area contributed by atoms with Crippen LogP contribution in [-0.2, 0) is 26.6 Å². The van der Waals surface area contributed by atoms with Gasteiger partial charge >= 0.3 is 0 Å². The summed E-state index contributed by atoms with van der Waals surface area (Å²) in [5.41, 5.74) is 5.15. The molecule has 1 saturated heterocycles. The van der Waals surface area contributed by atoms with Crippen LogP contribution in [0.1, 0.15) is 49.6 Å². The van der Waals surface area contributed by atoms with Gasteiger partial charge in [0, 0.05) is 35.7 Å². The molecule has 0 aliphatic carbocycles. The van der Waals surface area contributed by atoms with Crippen molar-refractivity contribution in [2.75, 3.05) is 16.8 Å². The van der Waals surface area contributed by atoms with Crippen LogP contribution in [0.3, 0.4) is 0 Å². The third-order valence-corrected chi connectivity index (χ3v) is 6.70. The van der Waals surface area contributed by atoms with Crippen molar-refractivity contribution in [1.29, 1.82) is 0 Å². The van der Waals surface area contributed by atoms with E-state index in [0.29, 0.717) is 6.54 Å². The second kappa shape index (κ2) is 7.20. The molecule has 3 heterocycles. The monoisotopic (exact) mass is 412 g/mol. The first-order chi connectivity index (χ1) is 13.6. The van der Waals surface area contributed by atoms with E-state index in [1.807, 2.05) is 41.6 Å². The highest BCUT2D eigenvalue weighted by atomic mass is 32.2. The van der Waals surface area contributed by atoms with Crippen LogP contribution >= 0.6 is 11.8 Å². The number of aromatic nitrogens is 2. The van der Waals surface area contributed by atoms with E-state index in [1.165, 1.54) is 5.56 Å². The summed E-state index contributed by atoms with van der Waals surface area (Å²) >= 11 is 1.81. The lowest BCUT2D eigenvalue weighted by Gasteiger charge is -2.24. The minimum absolute atomic E-state index is 0.00137. The van der Waals surface area contributed by atoms with Gasteiger partial charge < -0.3 is 10.2 Å². The molecular formula is C22H28N4O2S. The van der Waals surface area contributed by atoms with Gasteiger partial charge in [-0.3, -0.25) is 9.59 Å². The summed E-state index contributed by atoms with van der Waals surface area (Å²) in [6, 6.07) is 6.00. The Balaban J connectivity index is 1.55. The summed E-state index contributed by atoms with van der Waals surface area (Å²) < 4.78 is 1.92. The molecule has 1 aromatic carbocycles. The molecule has 6 nitrogen and oxygen atoms in total. The highest BCUT2D eigenvalue weighted by molar-refractivity contribution is 7.98. The van der Waals surface area contributed by atoms with Crippen molar-refractivity contribution in [3.63, 3.8) is 0 Å². The third kappa shape index (κ3) is 3.68. The van der Waals surface area contributed by atoms with E-state index in [9.17, 15) is 9.59 Å². The molecule has 0 spiro atoms. The van der Waals surface area contributed by atoms with Crippen LogP contribution in [0.25, 0.3) is 0 Å². The number of nitrogens with one attached hydrogen (secondary N) is 1. The largest absolute Gasteiger partial charge is 0.312 e. The highest BCUT2D eigenvalue weighted by Crippen LogP contribution is 2.37. The lowest BCUT2D eigenvalue weighted by molar-refractivity contribution is -0.122. The number of fused-ring (bicyclic) bond motifs is 1. The summed E-state index contributed by atoms with van der Waals surface area (Å²) in [4.78, 5) is 27.5. The Labute approximate surface area is 176 Å². The van der Waals surface area contributed by atoms with E-state index in [1.54, 1.807) is 4.90 Å². The molecule has 2 aliphatic heterocycles. The van der Waals surface area contributed by atoms with Crippen LogP contribution in [-0.4, -0.2) is 28.1 Å². The Hall–Kier alpha value is -2.28. The lowest BCUT2D eigenvalue weighted by Crippen LogP contribution is -2.31. The molecular weight excluding hydrogens is 384 g/mol. The fourth-order valence-electron chi connectivity index (χ4n) is 3.87. The molecule has 1 fully saturated rings. The summed E-state index contributed by atoms with van der Waals surface area (Å²) in [5.74, 6) is 2.06. The molecule has 0 saturated carbocycles. The maximum atomic E-state index is 13.1. The quantitative estimate of drug-likeness (QED) is 0.828. The second-order valence-corrected chi connectivity index (χ2v) is 10.00. The number of nitrogens with zero attached hydrogens (tertiary/aromatic N) is 3. The molecule has 0 bridgehead atoms. The number of amides is 2. The fourth-order valence-corrected chi connectivity index (χ4v) is 4.91. The highest BCUT2D eigenvalue weighted by Gasteiger charge is 2.37. The Morgan fingerprint density at radius 3 is 2.66 bits per heavy atom. The molecule has 0 radical (unpaired) electrons. The maximum Gasteiger partial charge on any atom is 0.230 e. The maximum absolute atomic E-state index is 13.1. The summed E-state index contributed by atoms with van der Waals surface area (Å²) in [6.45, 7) is 10.7. The standard InChI is InChI=1S/C22H28N4O2S/c1-13-6-7-16(8-14(13)2)25-10-15(9-19(25)27)21(28)23-20-17-11-29-12-18(17)24-26(20)22(3,4)5/h6-8,15H,9-12H2,1-5H3,(H,23,28)/t15-/m0/s1. The third-order valence-electron chi connectivity index (χ3n) is 5.73. The average molecular weight is 413 g/mol. The number of rotatable bonds is 3. The van der Waals surface area contributed by atoms with E-state index in [-0.39, 0.29) is 29.7 Å². The summed E-state index contributed by atoms with van der Waals surface area (Å²) in [5, 5.41) is 7.86.